The van der Waals surface area contributed by atoms with Gasteiger partial charge in [-0.25, -0.2) is 9.18 Å². The number of hydrogen-bond donors (Lipinski definition) is 0. The van der Waals surface area contributed by atoms with Crippen molar-refractivity contribution < 1.29 is 18.7 Å². The summed E-state index contributed by atoms with van der Waals surface area (Å²) in [4.78, 5) is 26.6. The number of carbonyl (C=O) groups is 2. The summed E-state index contributed by atoms with van der Waals surface area (Å²) in [6, 6.07) is 2.68. The molecule has 7 heteroatoms. The van der Waals surface area contributed by atoms with Crippen molar-refractivity contribution in [1.82, 2.24) is 4.90 Å². The van der Waals surface area contributed by atoms with E-state index in [9.17, 15) is 14.0 Å². The monoisotopic (exact) mass is 342 g/mol. The molecule has 0 unspecified atom stereocenters. The third-order valence-corrected chi connectivity index (χ3v) is 3.68. The Morgan fingerprint density at radius 2 is 1.87 bits per heavy atom. The SMILES string of the molecule is CC(C)(C)OC(=O)N1CCN(c2cc(Cl)cc(F)c2C=O)CC1. The standard InChI is InChI=1S/C16H20ClFN2O3/c1-16(2,3)23-15(22)20-6-4-19(5-7-20)14-9-11(17)8-13(18)12(14)10-21/h8-10H,4-7H2,1-3H3. The van der Waals surface area contributed by atoms with Crippen LogP contribution in [0.4, 0.5) is 14.9 Å². The van der Waals surface area contributed by atoms with E-state index < -0.39 is 11.4 Å². The van der Waals surface area contributed by atoms with Crippen LogP contribution in [-0.2, 0) is 4.74 Å². The van der Waals surface area contributed by atoms with Gasteiger partial charge in [0.1, 0.15) is 11.4 Å². The maximum Gasteiger partial charge on any atom is 0.410 e. The Hall–Kier alpha value is -1.82. The Bertz CT molecular complexity index is 608. The molecule has 23 heavy (non-hydrogen) atoms. The van der Waals surface area contributed by atoms with Crippen molar-refractivity contribution >= 4 is 29.7 Å². The van der Waals surface area contributed by atoms with Crippen molar-refractivity contribution in [2.45, 2.75) is 26.4 Å². The molecule has 0 atom stereocenters. The number of anilines is 1. The lowest BCUT2D eigenvalue weighted by Gasteiger charge is -2.37. The number of amides is 1. The largest absolute Gasteiger partial charge is 0.444 e. The summed E-state index contributed by atoms with van der Waals surface area (Å²) in [6.45, 7) is 7.24. The van der Waals surface area contributed by atoms with Gasteiger partial charge >= 0.3 is 6.09 Å². The number of benzene rings is 1. The lowest BCUT2D eigenvalue weighted by molar-refractivity contribution is 0.0240. The van der Waals surface area contributed by atoms with E-state index in [-0.39, 0.29) is 16.7 Å². The van der Waals surface area contributed by atoms with E-state index in [0.29, 0.717) is 38.2 Å². The van der Waals surface area contributed by atoms with E-state index in [4.69, 9.17) is 16.3 Å². The number of halogens is 2. The van der Waals surface area contributed by atoms with Crippen LogP contribution < -0.4 is 4.90 Å². The van der Waals surface area contributed by atoms with E-state index in [1.807, 2.05) is 25.7 Å². The Balaban J connectivity index is 2.08. The van der Waals surface area contributed by atoms with Crippen molar-refractivity contribution in [2.75, 3.05) is 31.1 Å². The van der Waals surface area contributed by atoms with Crippen LogP contribution in [0.1, 0.15) is 31.1 Å². The van der Waals surface area contributed by atoms with Gasteiger partial charge in [0, 0.05) is 31.2 Å². The van der Waals surface area contributed by atoms with Gasteiger partial charge in [0.2, 0.25) is 0 Å². The molecule has 1 amide bonds. The molecule has 0 bridgehead atoms. The lowest BCUT2D eigenvalue weighted by atomic mass is 10.1. The number of ether oxygens (including phenoxy) is 1. The number of aldehydes is 1. The van der Waals surface area contributed by atoms with Crippen LogP contribution in [0.15, 0.2) is 12.1 Å². The normalized spacial score (nSPS) is 15.5. The number of piperazine rings is 1. The second-order valence-electron chi connectivity index (χ2n) is 6.39. The molecule has 1 aliphatic rings. The quantitative estimate of drug-likeness (QED) is 0.773. The highest BCUT2D eigenvalue weighted by molar-refractivity contribution is 6.31. The van der Waals surface area contributed by atoms with Gasteiger partial charge in [-0.2, -0.15) is 0 Å². The molecule has 1 fully saturated rings. The number of carbonyl (C=O) groups excluding carboxylic acids is 2. The van der Waals surface area contributed by atoms with Crippen LogP contribution in [0, 0.1) is 5.82 Å². The summed E-state index contributed by atoms with van der Waals surface area (Å²) in [5, 5.41) is 0.234. The van der Waals surface area contributed by atoms with Crippen LogP contribution in [-0.4, -0.2) is 49.1 Å². The summed E-state index contributed by atoms with van der Waals surface area (Å²) >= 11 is 5.88. The summed E-state index contributed by atoms with van der Waals surface area (Å²) in [6.07, 6.45) is 0.117. The van der Waals surface area contributed by atoms with Gasteiger partial charge in [0.15, 0.2) is 6.29 Å². The first kappa shape index (κ1) is 17.5. The summed E-state index contributed by atoms with van der Waals surface area (Å²) in [5.74, 6) is -0.642. The van der Waals surface area contributed by atoms with Crippen molar-refractivity contribution in [3.63, 3.8) is 0 Å². The molecule has 5 nitrogen and oxygen atoms in total. The van der Waals surface area contributed by atoms with Crippen LogP contribution >= 0.6 is 11.6 Å². The van der Waals surface area contributed by atoms with Gasteiger partial charge in [-0.05, 0) is 32.9 Å². The molecular weight excluding hydrogens is 323 g/mol. The molecule has 2 rings (SSSR count). The van der Waals surface area contributed by atoms with Crippen molar-refractivity contribution in [3.05, 3.63) is 28.5 Å². The summed E-state index contributed by atoms with van der Waals surface area (Å²) in [5.41, 5.74) is -0.108. The topological polar surface area (TPSA) is 49.9 Å². The minimum absolute atomic E-state index is 0.0138. The molecule has 1 aromatic rings. The molecule has 0 saturated carbocycles. The van der Waals surface area contributed by atoms with E-state index in [0.717, 1.165) is 6.07 Å². The number of hydrogen-bond acceptors (Lipinski definition) is 4. The van der Waals surface area contributed by atoms with Gasteiger partial charge in [-0.3, -0.25) is 4.79 Å². The predicted octanol–water partition coefficient (Wildman–Crippen LogP) is 3.35. The second-order valence-corrected chi connectivity index (χ2v) is 6.83. The van der Waals surface area contributed by atoms with Gasteiger partial charge in [0.25, 0.3) is 0 Å². The molecule has 0 spiro atoms. The molecule has 1 heterocycles. The highest BCUT2D eigenvalue weighted by Crippen LogP contribution is 2.27. The van der Waals surface area contributed by atoms with Crippen LogP contribution in [0.25, 0.3) is 0 Å². The van der Waals surface area contributed by atoms with E-state index >= 15 is 0 Å². The first-order valence-corrected chi connectivity index (χ1v) is 7.76. The zero-order valence-corrected chi connectivity index (χ0v) is 14.2. The first-order chi connectivity index (χ1) is 10.7. The predicted molar refractivity (Wildman–Crippen MR) is 86.8 cm³/mol. The Morgan fingerprint density at radius 3 is 2.39 bits per heavy atom. The fraction of sp³-hybridized carbons (Fsp3) is 0.500. The lowest BCUT2D eigenvalue weighted by Crippen LogP contribution is -2.50. The molecule has 1 saturated heterocycles. The van der Waals surface area contributed by atoms with Crippen LogP contribution in [0.3, 0.4) is 0 Å². The third kappa shape index (κ3) is 4.34. The third-order valence-electron chi connectivity index (χ3n) is 3.46. The molecule has 0 aromatic heterocycles. The molecule has 0 radical (unpaired) electrons. The van der Waals surface area contributed by atoms with Gasteiger partial charge in [0.05, 0.1) is 11.3 Å². The maximum atomic E-state index is 13.8. The fourth-order valence-corrected chi connectivity index (χ4v) is 2.61. The zero-order chi connectivity index (χ0) is 17.2. The molecule has 0 N–H and O–H groups in total. The highest BCUT2D eigenvalue weighted by Gasteiger charge is 2.27. The van der Waals surface area contributed by atoms with Gasteiger partial charge in [-0.15, -0.1) is 0 Å². The van der Waals surface area contributed by atoms with Crippen LogP contribution in [0.5, 0.6) is 0 Å². The maximum absolute atomic E-state index is 13.8. The average Bonchev–Trinajstić information content (AvgIpc) is 2.45. The zero-order valence-electron chi connectivity index (χ0n) is 13.4. The molecular formula is C16H20ClFN2O3. The average molecular weight is 343 g/mol. The Morgan fingerprint density at radius 1 is 1.26 bits per heavy atom. The van der Waals surface area contributed by atoms with E-state index in [2.05, 4.69) is 0 Å². The molecule has 1 aliphatic heterocycles. The smallest absolute Gasteiger partial charge is 0.410 e. The van der Waals surface area contributed by atoms with Crippen molar-refractivity contribution in [2.24, 2.45) is 0 Å². The number of rotatable bonds is 2. The Kier molecular flexibility index (Phi) is 5.14. The minimum atomic E-state index is -0.642. The molecule has 126 valence electrons. The second kappa shape index (κ2) is 6.74. The highest BCUT2D eigenvalue weighted by atomic mass is 35.5. The van der Waals surface area contributed by atoms with Crippen LogP contribution in [0.2, 0.25) is 5.02 Å². The van der Waals surface area contributed by atoms with Crippen molar-refractivity contribution in [3.8, 4) is 0 Å². The van der Waals surface area contributed by atoms with Gasteiger partial charge < -0.3 is 14.5 Å². The molecule has 1 aromatic carbocycles. The minimum Gasteiger partial charge on any atom is -0.444 e. The summed E-state index contributed by atoms with van der Waals surface area (Å²) < 4.78 is 19.2. The fourth-order valence-electron chi connectivity index (χ4n) is 2.41. The van der Waals surface area contributed by atoms with E-state index in [1.165, 1.54) is 0 Å². The molecule has 0 aliphatic carbocycles. The first-order valence-electron chi connectivity index (χ1n) is 7.38. The summed E-state index contributed by atoms with van der Waals surface area (Å²) in [7, 11) is 0. The van der Waals surface area contributed by atoms with Crippen molar-refractivity contribution in [1.29, 1.82) is 0 Å². The Labute approximate surface area is 140 Å². The van der Waals surface area contributed by atoms with E-state index in [1.54, 1.807) is 11.0 Å². The van der Waals surface area contributed by atoms with Gasteiger partial charge in [-0.1, -0.05) is 11.6 Å². The number of nitrogens with zero attached hydrogens (tertiary/aromatic N) is 2.